The quantitative estimate of drug-likeness (QED) is 0.734. The fraction of sp³-hybridized carbons (Fsp3) is 0.917. The van der Waals surface area contributed by atoms with Gasteiger partial charge in [0.05, 0.1) is 12.1 Å². The van der Waals surface area contributed by atoms with Crippen LogP contribution in [-0.4, -0.2) is 36.7 Å². The van der Waals surface area contributed by atoms with E-state index in [1.165, 1.54) is 6.92 Å². The number of carbonyl (C=O) groups is 1. The van der Waals surface area contributed by atoms with E-state index in [9.17, 15) is 4.79 Å². The maximum absolute atomic E-state index is 11.2. The van der Waals surface area contributed by atoms with E-state index in [0.29, 0.717) is 0 Å². The summed E-state index contributed by atoms with van der Waals surface area (Å²) < 4.78 is 16.9. The topological polar surface area (TPSA) is 56.8 Å². The van der Waals surface area contributed by atoms with Crippen molar-refractivity contribution in [2.24, 2.45) is 5.92 Å². The van der Waals surface area contributed by atoms with Crippen molar-refractivity contribution in [3.8, 4) is 0 Å². The summed E-state index contributed by atoms with van der Waals surface area (Å²) in [6.45, 7) is 7.50. The number of hydrogen-bond donors (Lipinski definition) is 1. The molecule has 0 aromatic rings. The van der Waals surface area contributed by atoms with Gasteiger partial charge in [0.25, 0.3) is 0 Å². The fourth-order valence-corrected chi connectivity index (χ4v) is 2.72. The van der Waals surface area contributed by atoms with Gasteiger partial charge in [-0.05, 0) is 13.3 Å². The van der Waals surface area contributed by atoms with Crippen molar-refractivity contribution in [1.82, 2.24) is 5.32 Å². The molecule has 0 aromatic heterocycles. The van der Waals surface area contributed by atoms with E-state index in [2.05, 4.69) is 19.2 Å². The molecule has 6 atom stereocenters. The number of rotatable bonds is 2. The summed E-state index contributed by atoms with van der Waals surface area (Å²) in [4.78, 5) is 11.2. The van der Waals surface area contributed by atoms with E-state index in [1.54, 1.807) is 0 Å². The summed E-state index contributed by atoms with van der Waals surface area (Å²) in [5.74, 6) is -0.0785. The summed E-state index contributed by atoms with van der Waals surface area (Å²) >= 11 is 0. The summed E-state index contributed by atoms with van der Waals surface area (Å²) in [7, 11) is 0. The first kappa shape index (κ1) is 12.8. The van der Waals surface area contributed by atoms with E-state index >= 15 is 0 Å². The summed E-state index contributed by atoms with van der Waals surface area (Å²) in [6, 6.07) is -0.0632. The zero-order valence-electron chi connectivity index (χ0n) is 10.8. The Hall–Kier alpha value is -0.650. The highest BCUT2D eigenvalue weighted by atomic mass is 16.7. The Balaban J connectivity index is 2.15. The Morgan fingerprint density at radius 1 is 1.35 bits per heavy atom. The van der Waals surface area contributed by atoms with Gasteiger partial charge in [0.1, 0.15) is 12.3 Å². The molecule has 0 spiro atoms. The minimum absolute atomic E-state index is 0.0632. The van der Waals surface area contributed by atoms with Crippen molar-refractivity contribution in [2.75, 3.05) is 0 Å². The van der Waals surface area contributed by atoms with Crippen LogP contribution in [0, 0.1) is 5.92 Å². The van der Waals surface area contributed by atoms with Gasteiger partial charge in [0.2, 0.25) is 0 Å². The lowest BCUT2D eigenvalue weighted by Crippen LogP contribution is -2.57. The number of esters is 1. The third-order valence-electron chi connectivity index (χ3n) is 3.53. The van der Waals surface area contributed by atoms with Crippen molar-refractivity contribution in [1.29, 1.82) is 0 Å². The van der Waals surface area contributed by atoms with Gasteiger partial charge in [-0.2, -0.15) is 0 Å². The molecule has 0 aliphatic carbocycles. The number of ether oxygens (including phenoxy) is 3. The van der Waals surface area contributed by atoms with Crippen molar-refractivity contribution < 1.29 is 19.0 Å². The van der Waals surface area contributed by atoms with Gasteiger partial charge < -0.3 is 14.2 Å². The summed E-state index contributed by atoms with van der Waals surface area (Å²) in [6.07, 6.45) is 0.412. The molecule has 2 saturated heterocycles. The lowest BCUT2D eigenvalue weighted by atomic mass is 9.88. The van der Waals surface area contributed by atoms with Gasteiger partial charge in [0.15, 0.2) is 6.29 Å². The number of nitrogens with one attached hydrogen (secondary N) is 1. The minimum Gasteiger partial charge on any atom is -0.460 e. The average Bonchev–Trinajstić information content (AvgIpc) is 2.62. The predicted molar refractivity (Wildman–Crippen MR) is 61.1 cm³/mol. The van der Waals surface area contributed by atoms with E-state index in [1.807, 2.05) is 6.92 Å². The Morgan fingerprint density at radius 3 is 2.65 bits per heavy atom. The van der Waals surface area contributed by atoms with Crippen LogP contribution in [0.2, 0.25) is 0 Å². The highest BCUT2D eigenvalue weighted by Crippen LogP contribution is 2.33. The van der Waals surface area contributed by atoms with Gasteiger partial charge in [-0.1, -0.05) is 13.8 Å². The molecule has 1 N–H and O–H groups in total. The SMILES string of the molecule is CCC1OC2OC(C)NC2C(OC(C)=O)C1C. The molecule has 0 amide bonds. The Bertz CT molecular complexity index is 296. The first-order chi connectivity index (χ1) is 8.02. The third-order valence-corrected chi connectivity index (χ3v) is 3.53. The lowest BCUT2D eigenvalue weighted by molar-refractivity contribution is -0.228. The smallest absolute Gasteiger partial charge is 0.302 e. The third kappa shape index (κ3) is 2.46. The van der Waals surface area contributed by atoms with Crippen LogP contribution < -0.4 is 5.32 Å². The summed E-state index contributed by atoms with van der Waals surface area (Å²) in [5.41, 5.74) is 0. The molecule has 0 bridgehead atoms. The molecule has 2 fully saturated rings. The second-order valence-electron chi connectivity index (χ2n) is 4.86. The van der Waals surface area contributed by atoms with Crippen LogP contribution in [0.25, 0.3) is 0 Å². The predicted octanol–water partition coefficient (Wildman–Crippen LogP) is 1.02. The molecule has 0 radical (unpaired) electrons. The molecule has 6 unspecified atom stereocenters. The van der Waals surface area contributed by atoms with Crippen LogP contribution >= 0.6 is 0 Å². The van der Waals surface area contributed by atoms with E-state index in [-0.39, 0.29) is 42.7 Å². The van der Waals surface area contributed by atoms with Crippen LogP contribution in [0.4, 0.5) is 0 Å². The summed E-state index contributed by atoms with van der Waals surface area (Å²) in [5, 5.41) is 3.26. The number of carbonyl (C=O) groups excluding carboxylic acids is 1. The van der Waals surface area contributed by atoms with Crippen LogP contribution in [0.5, 0.6) is 0 Å². The van der Waals surface area contributed by atoms with Crippen molar-refractivity contribution >= 4 is 5.97 Å². The van der Waals surface area contributed by atoms with Crippen molar-refractivity contribution in [3.63, 3.8) is 0 Å². The van der Waals surface area contributed by atoms with Crippen LogP contribution in [0.3, 0.4) is 0 Å². The van der Waals surface area contributed by atoms with E-state index < -0.39 is 0 Å². The maximum atomic E-state index is 11.2. The van der Waals surface area contributed by atoms with Gasteiger partial charge in [-0.15, -0.1) is 0 Å². The molecule has 2 aliphatic rings. The Labute approximate surface area is 102 Å². The van der Waals surface area contributed by atoms with E-state index in [4.69, 9.17) is 14.2 Å². The maximum Gasteiger partial charge on any atom is 0.302 e. The van der Waals surface area contributed by atoms with Crippen LogP contribution in [0.15, 0.2) is 0 Å². The lowest BCUT2D eigenvalue weighted by Gasteiger charge is -2.41. The van der Waals surface area contributed by atoms with Crippen LogP contribution in [0.1, 0.15) is 34.1 Å². The van der Waals surface area contributed by atoms with Gasteiger partial charge in [-0.3, -0.25) is 10.1 Å². The Kier molecular flexibility index (Phi) is 3.70. The van der Waals surface area contributed by atoms with Crippen molar-refractivity contribution in [2.45, 2.75) is 64.9 Å². The molecule has 2 heterocycles. The minimum atomic E-state index is -0.310. The second-order valence-corrected chi connectivity index (χ2v) is 4.86. The van der Waals surface area contributed by atoms with E-state index in [0.717, 1.165) is 6.42 Å². The standard InChI is InChI=1S/C12H21NO4/c1-5-9-6(2)11(16-8(4)14)10-12(17-9)15-7(3)13-10/h6-7,9-13H,5H2,1-4H3. The first-order valence-electron chi connectivity index (χ1n) is 6.27. The molecular weight excluding hydrogens is 222 g/mol. The fourth-order valence-electron chi connectivity index (χ4n) is 2.72. The first-order valence-corrected chi connectivity index (χ1v) is 6.27. The molecule has 0 saturated carbocycles. The molecule has 17 heavy (non-hydrogen) atoms. The number of hydrogen-bond acceptors (Lipinski definition) is 5. The monoisotopic (exact) mass is 243 g/mol. The average molecular weight is 243 g/mol. The molecule has 2 rings (SSSR count). The highest BCUT2D eigenvalue weighted by Gasteiger charge is 2.49. The molecule has 5 heteroatoms. The zero-order valence-corrected chi connectivity index (χ0v) is 10.8. The van der Waals surface area contributed by atoms with Gasteiger partial charge in [-0.25, -0.2) is 0 Å². The normalized spacial score (nSPS) is 45.4. The zero-order chi connectivity index (χ0) is 12.6. The van der Waals surface area contributed by atoms with Gasteiger partial charge >= 0.3 is 5.97 Å². The second kappa shape index (κ2) is 4.92. The molecule has 2 aliphatic heterocycles. The largest absolute Gasteiger partial charge is 0.460 e. The molecule has 98 valence electrons. The Morgan fingerprint density at radius 2 is 2.06 bits per heavy atom. The highest BCUT2D eigenvalue weighted by molar-refractivity contribution is 5.66. The van der Waals surface area contributed by atoms with Gasteiger partial charge in [0, 0.05) is 12.8 Å². The van der Waals surface area contributed by atoms with Crippen molar-refractivity contribution in [3.05, 3.63) is 0 Å². The molecule has 5 nitrogen and oxygen atoms in total. The van der Waals surface area contributed by atoms with Crippen LogP contribution in [-0.2, 0) is 19.0 Å². The molecule has 0 aromatic carbocycles. The number of fused-ring (bicyclic) bond motifs is 1. The molecular formula is C12H21NO4.